The van der Waals surface area contributed by atoms with Crippen molar-refractivity contribution in [1.29, 1.82) is 0 Å². The first-order chi connectivity index (χ1) is 15.3. The van der Waals surface area contributed by atoms with E-state index in [0.29, 0.717) is 23.7 Å². The maximum absolute atomic E-state index is 12.1. The fourth-order valence-corrected chi connectivity index (χ4v) is 3.94. The van der Waals surface area contributed by atoms with Gasteiger partial charge in [0.1, 0.15) is 5.69 Å². The summed E-state index contributed by atoms with van der Waals surface area (Å²) in [6, 6.07) is 13.7. The number of halogens is 1. The van der Waals surface area contributed by atoms with Crippen molar-refractivity contribution in [2.24, 2.45) is 0 Å². The van der Waals surface area contributed by atoms with Gasteiger partial charge in [0.05, 0.1) is 10.5 Å². The van der Waals surface area contributed by atoms with E-state index in [0.717, 1.165) is 49.3 Å². The number of nitrogens with one attached hydrogen (secondary N) is 1. The zero-order valence-electron chi connectivity index (χ0n) is 18.0. The normalized spacial score (nSPS) is 11.0. The Morgan fingerprint density at radius 1 is 1.16 bits per heavy atom. The minimum atomic E-state index is 0.202. The Morgan fingerprint density at radius 3 is 2.78 bits per heavy atom. The number of nitrogens with zero attached hydrogens (tertiary/aromatic N) is 3. The van der Waals surface area contributed by atoms with Gasteiger partial charge in [0.2, 0.25) is 0 Å². The Kier molecular flexibility index (Phi) is 5.97. The van der Waals surface area contributed by atoms with Crippen LogP contribution in [0, 0.1) is 19.1 Å². The van der Waals surface area contributed by atoms with E-state index in [4.69, 9.17) is 17.3 Å². The van der Waals surface area contributed by atoms with Crippen LogP contribution >= 0.6 is 11.6 Å². The van der Waals surface area contributed by atoms with Crippen molar-refractivity contribution < 1.29 is 4.73 Å². The summed E-state index contributed by atoms with van der Waals surface area (Å²) in [6.07, 6.45) is 4.11. The highest BCUT2D eigenvalue weighted by molar-refractivity contribution is 6.31. The number of pyridine rings is 3. The summed E-state index contributed by atoms with van der Waals surface area (Å²) in [4.78, 5) is 8.85. The van der Waals surface area contributed by atoms with Crippen LogP contribution in [0.3, 0.4) is 0 Å². The molecule has 7 heteroatoms. The highest BCUT2D eigenvalue weighted by Crippen LogP contribution is 2.21. The SMILES string of the molecule is C=C(NCc1c(C)cc(N)[n+]([O-])c1C)c1ccnc(Cc2ccc3ncc(Cl)cc3c2)c1. The van der Waals surface area contributed by atoms with Gasteiger partial charge in [0.25, 0.3) is 5.82 Å². The molecule has 0 bridgehead atoms. The molecule has 0 radical (unpaired) electrons. The average Bonchev–Trinajstić information content (AvgIpc) is 2.77. The molecule has 3 N–H and O–H groups in total. The van der Waals surface area contributed by atoms with Crippen LogP contribution in [-0.2, 0) is 13.0 Å². The van der Waals surface area contributed by atoms with Crippen LogP contribution in [0.15, 0.2) is 61.4 Å². The third-order valence-corrected chi connectivity index (χ3v) is 5.76. The first-order valence-corrected chi connectivity index (χ1v) is 10.6. The van der Waals surface area contributed by atoms with E-state index in [1.807, 2.05) is 31.2 Å². The van der Waals surface area contributed by atoms with Crippen LogP contribution in [0.5, 0.6) is 0 Å². The Balaban J connectivity index is 1.49. The molecule has 4 rings (SSSR count). The first-order valence-electron chi connectivity index (χ1n) is 10.2. The van der Waals surface area contributed by atoms with Gasteiger partial charge in [0, 0.05) is 59.3 Å². The van der Waals surface area contributed by atoms with Crippen LogP contribution in [0.2, 0.25) is 5.02 Å². The van der Waals surface area contributed by atoms with Crippen molar-refractivity contribution in [3.05, 3.63) is 105 Å². The second kappa shape index (κ2) is 8.85. The number of anilines is 1. The molecule has 32 heavy (non-hydrogen) atoms. The highest BCUT2D eigenvalue weighted by Gasteiger charge is 2.12. The lowest BCUT2D eigenvalue weighted by Gasteiger charge is -2.17. The number of aromatic nitrogens is 3. The molecule has 0 saturated heterocycles. The number of benzene rings is 1. The fourth-order valence-electron chi connectivity index (χ4n) is 3.77. The molecule has 0 unspecified atom stereocenters. The molecule has 1 aromatic carbocycles. The quantitative estimate of drug-likeness (QED) is 0.337. The predicted molar refractivity (Wildman–Crippen MR) is 129 cm³/mol. The third kappa shape index (κ3) is 4.50. The van der Waals surface area contributed by atoms with Gasteiger partial charge in [-0.2, -0.15) is 0 Å². The maximum Gasteiger partial charge on any atom is 0.275 e. The van der Waals surface area contributed by atoms with Crippen LogP contribution in [0.4, 0.5) is 5.82 Å². The molecule has 6 nitrogen and oxygen atoms in total. The second-order valence-corrected chi connectivity index (χ2v) is 8.27. The maximum atomic E-state index is 12.1. The number of hydrogen-bond acceptors (Lipinski definition) is 5. The van der Waals surface area contributed by atoms with Crippen LogP contribution in [-0.4, -0.2) is 9.97 Å². The zero-order chi connectivity index (χ0) is 22.8. The van der Waals surface area contributed by atoms with Gasteiger partial charge in [-0.1, -0.05) is 24.2 Å². The van der Waals surface area contributed by atoms with E-state index in [2.05, 4.69) is 34.0 Å². The summed E-state index contributed by atoms with van der Waals surface area (Å²) in [5, 5.41) is 17.0. The molecule has 0 aliphatic carbocycles. The smallest absolute Gasteiger partial charge is 0.275 e. The Bertz CT molecular complexity index is 1340. The second-order valence-electron chi connectivity index (χ2n) is 7.84. The molecule has 0 spiro atoms. The Hall–Kier alpha value is -3.64. The standard InChI is InChI=1S/C25H24ClN5O/c1-15-8-25(27)31(32)17(3)23(15)14-29-16(2)19-6-7-28-22(12-19)10-18-4-5-24-20(9-18)11-21(26)13-30-24/h4-9,11-13,29H,2,10,14,27H2,1,3H3. The molecule has 0 saturated carbocycles. The predicted octanol–water partition coefficient (Wildman–Crippen LogP) is 4.47. The first kappa shape index (κ1) is 21.6. The van der Waals surface area contributed by atoms with E-state index >= 15 is 0 Å². The molecule has 4 aromatic rings. The number of nitrogens with two attached hydrogens (primary N) is 1. The van der Waals surface area contributed by atoms with Crippen LogP contribution in [0.1, 0.15) is 33.6 Å². The van der Waals surface area contributed by atoms with Crippen molar-refractivity contribution in [1.82, 2.24) is 15.3 Å². The van der Waals surface area contributed by atoms with Crippen molar-refractivity contribution in [2.45, 2.75) is 26.8 Å². The summed E-state index contributed by atoms with van der Waals surface area (Å²) >= 11 is 6.08. The molecule has 3 heterocycles. The van der Waals surface area contributed by atoms with Gasteiger partial charge in [-0.15, -0.1) is 0 Å². The summed E-state index contributed by atoms with van der Waals surface area (Å²) in [5.41, 5.74) is 12.9. The largest absolute Gasteiger partial charge is 0.710 e. The average molecular weight is 446 g/mol. The van der Waals surface area contributed by atoms with E-state index in [1.165, 1.54) is 0 Å². The number of fused-ring (bicyclic) bond motifs is 1. The molecule has 0 atom stereocenters. The number of nitrogen functional groups attached to an aromatic ring is 1. The third-order valence-electron chi connectivity index (χ3n) is 5.56. The zero-order valence-corrected chi connectivity index (χ0v) is 18.8. The topological polar surface area (TPSA) is 90.8 Å². The molecule has 0 fully saturated rings. The van der Waals surface area contributed by atoms with E-state index in [-0.39, 0.29) is 5.82 Å². The van der Waals surface area contributed by atoms with Crippen molar-refractivity contribution in [3.8, 4) is 0 Å². The van der Waals surface area contributed by atoms with Gasteiger partial charge in [-0.3, -0.25) is 15.7 Å². The van der Waals surface area contributed by atoms with E-state index in [1.54, 1.807) is 25.4 Å². The summed E-state index contributed by atoms with van der Waals surface area (Å²) in [7, 11) is 0. The van der Waals surface area contributed by atoms with Crippen LogP contribution < -0.4 is 15.8 Å². The lowest BCUT2D eigenvalue weighted by atomic mass is 10.0. The summed E-state index contributed by atoms with van der Waals surface area (Å²) in [5.74, 6) is 0.202. The molecule has 0 aliphatic heterocycles. The number of rotatable bonds is 6. The Morgan fingerprint density at radius 2 is 1.97 bits per heavy atom. The molecule has 3 aromatic heterocycles. The molecule has 0 amide bonds. The molecule has 0 aliphatic rings. The molecular formula is C25H24ClN5O. The fraction of sp³-hybridized carbons (Fsp3) is 0.160. The number of hydrogen-bond donors (Lipinski definition) is 2. The minimum absolute atomic E-state index is 0.202. The van der Waals surface area contributed by atoms with Crippen molar-refractivity contribution in [2.75, 3.05) is 5.73 Å². The lowest BCUT2D eigenvalue weighted by molar-refractivity contribution is -0.597. The highest BCUT2D eigenvalue weighted by atomic mass is 35.5. The van der Waals surface area contributed by atoms with Crippen molar-refractivity contribution >= 4 is 34.0 Å². The Labute approximate surface area is 192 Å². The monoisotopic (exact) mass is 445 g/mol. The minimum Gasteiger partial charge on any atom is -0.710 e. The molecular weight excluding hydrogens is 422 g/mol. The molecule has 162 valence electrons. The summed E-state index contributed by atoms with van der Waals surface area (Å²) < 4.78 is 0.754. The number of aryl methyl sites for hydroxylation is 1. The van der Waals surface area contributed by atoms with E-state index in [9.17, 15) is 5.21 Å². The van der Waals surface area contributed by atoms with Gasteiger partial charge in [-0.25, -0.2) is 4.73 Å². The van der Waals surface area contributed by atoms with Crippen LogP contribution in [0.25, 0.3) is 16.6 Å². The van der Waals surface area contributed by atoms with Gasteiger partial charge >= 0.3 is 0 Å². The summed E-state index contributed by atoms with van der Waals surface area (Å²) in [6.45, 7) is 8.36. The van der Waals surface area contributed by atoms with Crippen molar-refractivity contribution in [3.63, 3.8) is 0 Å². The van der Waals surface area contributed by atoms with E-state index < -0.39 is 0 Å². The van der Waals surface area contributed by atoms with Gasteiger partial charge in [0.15, 0.2) is 0 Å². The van der Waals surface area contributed by atoms with Gasteiger partial charge in [-0.05, 0) is 55.3 Å². The van der Waals surface area contributed by atoms with Gasteiger partial charge < -0.3 is 10.5 Å². The lowest BCUT2D eigenvalue weighted by Crippen LogP contribution is -2.36.